The van der Waals surface area contributed by atoms with Gasteiger partial charge < -0.3 is 10.1 Å². The molecule has 0 spiro atoms. The maximum atomic E-state index is 6.14. The Hall–Kier alpha value is -1.65. The zero-order valence-corrected chi connectivity index (χ0v) is 12.1. The van der Waals surface area contributed by atoms with E-state index in [2.05, 4.69) is 15.3 Å². The molecule has 1 N–H and O–H groups in total. The molecule has 1 aliphatic rings. The van der Waals surface area contributed by atoms with Crippen molar-refractivity contribution in [2.45, 2.75) is 26.4 Å². The Bertz CT molecular complexity index is 631. The van der Waals surface area contributed by atoms with Gasteiger partial charge in [-0.1, -0.05) is 11.6 Å². The number of aryl methyl sites for hydroxylation is 1. The van der Waals surface area contributed by atoms with E-state index in [-0.39, 0.29) is 0 Å². The Labute approximate surface area is 123 Å². The Balaban J connectivity index is 1.67. The average molecular weight is 290 g/mol. The van der Waals surface area contributed by atoms with Gasteiger partial charge in [-0.3, -0.25) is 0 Å². The molecule has 0 aliphatic carbocycles. The lowest BCUT2D eigenvalue weighted by molar-refractivity contribution is 0.352. The van der Waals surface area contributed by atoms with Crippen molar-refractivity contribution in [3.8, 4) is 5.75 Å². The van der Waals surface area contributed by atoms with E-state index in [1.807, 2.05) is 25.1 Å². The van der Waals surface area contributed by atoms with Crippen molar-refractivity contribution in [3.63, 3.8) is 0 Å². The van der Waals surface area contributed by atoms with Gasteiger partial charge in [-0.15, -0.1) is 0 Å². The second kappa shape index (κ2) is 5.77. The first kappa shape index (κ1) is 13.3. The zero-order valence-electron chi connectivity index (χ0n) is 11.3. The maximum absolute atomic E-state index is 6.14. The molecule has 0 amide bonds. The predicted octanol–water partition coefficient (Wildman–Crippen LogP) is 2.66. The normalized spacial score (nSPS) is 13.1. The van der Waals surface area contributed by atoms with E-state index >= 15 is 0 Å². The molecule has 0 bridgehead atoms. The number of benzene rings is 1. The molecule has 0 saturated carbocycles. The fourth-order valence-corrected chi connectivity index (χ4v) is 2.67. The molecule has 1 aliphatic heterocycles. The molecule has 0 fully saturated rings. The zero-order chi connectivity index (χ0) is 13.9. The summed E-state index contributed by atoms with van der Waals surface area (Å²) in [6.07, 6.45) is 2.72. The van der Waals surface area contributed by atoms with E-state index in [0.29, 0.717) is 13.1 Å². The van der Waals surface area contributed by atoms with Crippen LogP contribution in [0.4, 0.5) is 0 Å². The molecule has 3 rings (SSSR count). The van der Waals surface area contributed by atoms with E-state index in [1.165, 1.54) is 5.56 Å². The molecular weight excluding hydrogens is 274 g/mol. The summed E-state index contributed by atoms with van der Waals surface area (Å²) in [5.74, 6) is 1.78. The Morgan fingerprint density at radius 3 is 3.10 bits per heavy atom. The molecule has 0 atom stereocenters. The minimum Gasteiger partial charge on any atom is -0.493 e. The molecule has 0 saturated heterocycles. The Morgan fingerprint density at radius 2 is 2.25 bits per heavy atom. The molecule has 5 heteroatoms. The number of halogens is 1. The van der Waals surface area contributed by atoms with E-state index < -0.39 is 0 Å². The number of hydrogen-bond acceptors (Lipinski definition) is 4. The second-order valence-electron chi connectivity index (χ2n) is 4.85. The molecule has 0 unspecified atom stereocenters. The van der Waals surface area contributed by atoms with Gasteiger partial charge in [-0.25, -0.2) is 9.97 Å². The van der Waals surface area contributed by atoms with Gasteiger partial charge in [0.05, 0.1) is 12.3 Å². The molecule has 2 heterocycles. The largest absolute Gasteiger partial charge is 0.493 e. The number of aromatic nitrogens is 2. The van der Waals surface area contributed by atoms with E-state index in [4.69, 9.17) is 16.3 Å². The summed E-state index contributed by atoms with van der Waals surface area (Å²) < 4.78 is 5.68. The van der Waals surface area contributed by atoms with Crippen LogP contribution in [0.2, 0.25) is 5.02 Å². The van der Waals surface area contributed by atoms with Gasteiger partial charge in [0.2, 0.25) is 0 Å². The van der Waals surface area contributed by atoms with Gasteiger partial charge in [-0.05, 0) is 30.7 Å². The van der Waals surface area contributed by atoms with Gasteiger partial charge in [0, 0.05) is 36.3 Å². The molecule has 0 radical (unpaired) electrons. The lowest BCUT2D eigenvalue weighted by atomic mass is 10.1. The van der Waals surface area contributed by atoms with Crippen LogP contribution in [0.1, 0.15) is 22.6 Å². The average Bonchev–Trinajstić information content (AvgIpc) is 2.87. The fraction of sp³-hybridized carbons (Fsp3) is 0.333. The van der Waals surface area contributed by atoms with Gasteiger partial charge in [0.25, 0.3) is 0 Å². The summed E-state index contributed by atoms with van der Waals surface area (Å²) in [5, 5.41) is 4.14. The minimum atomic E-state index is 0.699. The van der Waals surface area contributed by atoms with E-state index in [1.54, 1.807) is 6.20 Å². The molecule has 4 nitrogen and oxygen atoms in total. The molecule has 2 aromatic rings. The van der Waals surface area contributed by atoms with Gasteiger partial charge in [0.1, 0.15) is 11.6 Å². The summed E-state index contributed by atoms with van der Waals surface area (Å²) >= 11 is 6.14. The summed E-state index contributed by atoms with van der Waals surface area (Å²) in [5.41, 5.74) is 3.29. The molecular formula is C15H16ClN3O. The van der Waals surface area contributed by atoms with Gasteiger partial charge in [-0.2, -0.15) is 0 Å². The second-order valence-corrected chi connectivity index (χ2v) is 5.29. The van der Waals surface area contributed by atoms with Crippen LogP contribution in [0, 0.1) is 6.92 Å². The van der Waals surface area contributed by atoms with Crippen LogP contribution in [0.25, 0.3) is 0 Å². The topological polar surface area (TPSA) is 47.0 Å². The van der Waals surface area contributed by atoms with Crippen LogP contribution in [-0.2, 0) is 19.5 Å². The van der Waals surface area contributed by atoms with Gasteiger partial charge >= 0.3 is 0 Å². The highest BCUT2D eigenvalue weighted by molar-refractivity contribution is 6.30. The van der Waals surface area contributed by atoms with Crippen LogP contribution >= 0.6 is 11.6 Å². The van der Waals surface area contributed by atoms with E-state index in [9.17, 15) is 0 Å². The monoisotopic (exact) mass is 289 g/mol. The Kier molecular flexibility index (Phi) is 3.85. The van der Waals surface area contributed by atoms with Crippen molar-refractivity contribution in [1.82, 2.24) is 15.3 Å². The fourth-order valence-electron chi connectivity index (χ4n) is 2.41. The van der Waals surface area contributed by atoms with Gasteiger partial charge in [0.15, 0.2) is 0 Å². The SMILES string of the molecule is Cc1nccc(CNCc2cc(Cl)cc3c2OCC3)n1. The van der Waals surface area contributed by atoms with Crippen molar-refractivity contribution in [2.24, 2.45) is 0 Å². The van der Waals surface area contributed by atoms with Crippen molar-refractivity contribution >= 4 is 11.6 Å². The van der Waals surface area contributed by atoms with Crippen LogP contribution in [-0.4, -0.2) is 16.6 Å². The summed E-state index contributed by atoms with van der Waals surface area (Å²) in [6, 6.07) is 5.87. The van der Waals surface area contributed by atoms with Crippen molar-refractivity contribution in [3.05, 3.63) is 52.1 Å². The summed E-state index contributed by atoms with van der Waals surface area (Å²) in [4.78, 5) is 8.45. The quantitative estimate of drug-likeness (QED) is 0.940. The van der Waals surface area contributed by atoms with Crippen LogP contribution in [0.5, 0.6) is 5.75 Å². The number of fused-ring (bicyclic) bond motifs is 1. The molecule has 104 valence electrons. The first-order chi connectivity index (χ1) is 9.72. The Morgan fingerprint density at radius 1 is 1.35 bits per heavy atom. The van der Waals surface area contributed by atoms with Crippen molar-refractivity contribution in [2.75, 3.05) is 6.61 Å². The molecule has 1 aromatic carbocycles. The third-order valence-corrected chi connectivity index (χ3v) is 3.50. The predicted molar refractivity (Wildman–Crippen MR) is 78.0 cm³/mol. The number of hydrogen-bond donors (Lipinski definition) is 1. The third-order valence-electron chi connectivity index (χ3n) is 3.28. The summed E-state index contributed by atoms with van der Waals surface area (Å²) in [6.45, 7) is 4.05. The van der Waals surface area contributed by atoms with Crippen LogP contribution < -0.4 is 10.1 Å². The maximum Gasteiger partial charge on any atom is 0.127 e. The number of ether oxygens (including phenoxy) is 1. The lowest BCUT2D eigenvalue weighted by Crippen LogP contribution is -2.14. The van der Waals surface area contributed by atoms with Crippen LogP contribution in [0.15, 0.2) is 24.4 Å². The standard InChI is InChI=1S/C15H16ClN3O/c1-10-18-4-2-14(19-10)9-17-8-12-7-13(16)6-11-3-5-20-15(11)12/h2,4,6-7,17H,3,5,8-9H2,1H3. The van der Waals surface area contributed by atoms with Crippen molar-refractivity contribution < 1.29 is 4.74 Å². The van der Waals surface area contributed by atoms with E-state index in [0.717, 1.165) is 40.9 Å². The number of nitrogens with one attached hydrogen (secondary N) is 1. The smallest absolute Gasteiger partial charge is 0.127 e. The highest BCUT2D eigenvalue weighted by Gasteiger charge is 2.17. The molecule has 20 heavy (non-hydrogen) atoms. The number of rotatable bonds is 4. The highest BCUT2D eigenvalue weighted by atomic mass is 35.5. The summed E-state index contributed by atoms with van der Waals surface area (Å²) in [7, 11) is 0. The lowest BCUT2D eigenvalue weighted by Gasteiger charge is -2.10. The van der Waals surface area contributed by atoms with Crippen LogP contribution in [0.3, 0.4) is 0 Å². The van der Waals surface area contributed by atoms with Crippen molar-refractivity contribution in [1.29, 1.82) is 0 Å². The molecule has 1 aromatic heterocycles. The first-order valence-electron chi connectivity index (χ1n) is 6.66. The number of nitrogens with zero attached hydrogens (tertiary/aromatic N) is 2. The first-order valence-corrected chi connectivity index (χ1v) is 7.03. The third kappa shape index (κ3) is 2.92. The minimum absolute atomic E-state index is 0.699. The highest BCUT2D eigenvalue weighted by Crippen LogP contribution is 2.32.